The smallest absolute Gasteiger partial charge is 0.250 e. The molecule has 0 aromatic heterocycles. The third-order valence-corrected chi connectivity index (χ3v) is 3.79. The molecule has 0 aliphatic carbocycles. The maximum atomic E-state index is 12.6. The number of hydrazone groups is 1. The van der Waals surface area contributed by atoms with Crippen molar-refractivity contribution in [2.75, 3.05) is 0 Å². The second-order valence-electron chi connectivity index (χ2n) is 5.56. The number of benzene rings is 2. The third-order valence-electron chi connectivity index (χ3n) is 3.79. The molecule has 0 radical (unpaired) electrons. The Morgan fingerprint density at radius 2 is 1.73 bits per heavy atom. The molecule has 1 heterocycles. The Kier molecular flexibility index (Phi) is 3.77. The topological polar surface area (TPSA) is 52.9 Å². The first kappa shape index (κ1) is 14.5. The van der Waals surface area contributed by atoms with Gasteiger partial charge in [-0.05, 0) is 12.5 Å². The fourth-order valence-electron chi connectivity index (χ4n) is 2.76. The van der Waals surface area contributed by atoms with Crippen LogP contribution in [0.25, 0.3) is 0 Å². The maximum absolute atomic E-state index is 12.6. The Labute approximate surface area is 129 Å². The molecule has 0 saturated heterocycles. The van der Waals surface area contributed by atoms with Gasteiger partial charge in [0.25, 0.3) is 0 Å². The van der Waals surface area contributed by atoms with Crippen LogP contribution in [-0.2, 0) is 16.9 Å². The van der Waals surface area contributed by atoms with Crippen molar-refractivity contribution in [1.29, 1.82) is 0 Å². The molecule has 2 aromatic rings. The van der Waals surface area contributed by atoms with E-state index in [9.17, 15) is 9.90 Å². The van der Waals surface area contributed by atoms with Crippen LogP contribution in [0.1, 0.15) is 24.5 Å². The third kappa shape index (κ3) is 2.65. The van der Waals surface area contributed by atoms with Crippen LogP contribution < -0.4 is 0 Å². The second-order valence-corrected chi connectivity index (χ2v) is 5.56. The highest BCUT2D eigenvalue weighted by Gasteiger charge is 2.44. The molecule has 1 aliphatic rings. The Balaban J connectivity index is 1.88. The molecule has 0 fully saturated rings. The van der Waals surface area contributed by atoms with E-state index in [0.29, 0.717) is 12.0 Å². The van der Waals surface area contributed by atoms with Gasteiger partial charge in [-0.1, -0.05) is 60.7 Å². The summed E-state index contributed by atoms with van der Waals surface area (Å²) in [4.78, 5) is 12.6. The van der Waals surface area contributed by atoms with Gasteiger partial charge >= 0.3 is 0 Å². The lowest BCUT2D eigenvalue weighted by atomic mass is 9.97. The standard InChI is InChI=1S/C18H18N2O2/c1-14-13-18(22,16-10-6-3-7-11-16)20(19-14)17(21)12-15-8-4-2-5-9-15/h2-11,22H,12-13H2,1H3/t18-/m0/s1. The summed E-state index contributed by atoms with van der Waals surface area (Å²) in [5.74, 6) is -0.214. The summed E-state index contributed by atoms with van der Waals surface area (Å²) in [6, 6.07) is 18.7. The van der Waals surface area contributed by atoms with Crippen LogP contribution in [0.15, 0.2) is 65.8 Å². The number of carbonyl (C=O) groups is 1. The Bertz CT molecular complexity index is 698. The zero-order valence-electron chi connectivity index (χ0n) is 12.4. The molecule has 0 spiro atoms. The highest BCUT2D eigenvalue weighted by Crippen LogP contribution is 2.35. The van der Waals surface area contributed by atoms with Crippen molar-refractivity contribution >= 4 is 11.6 Å². The fraction of sp³-hybridized carbons (Fsp3) is 0.222. The molecule has 2 aromatic carbocycles. The van der Waals surface area contributed by atoms with Gasteiger partial charge in [-0.25, -0.2) is 0 Å². The predicted octanol–water partition coefficient (Wildman–Crippen LogP) is 2.68. The Morgan fingerprint density at radius 1 is 1.14 bits per heavy atom. The SMILES string of the molecule is CC1=NN(C(=O)Cc2ccccc2)[C@@](O)(c2ccccc2)C1. The quantitative estimate of drug-likeness (QED) is 0.946. The number of aliphatic hydroxyl groups is 1. The summed E-state index contributed by atoms with van der Waals surface area (Å²) in [5.41, 5.74) is 0.935. The van der Waals surface area contributed by atoms with E-state index in [1.165, 1.54) is 5.01 Å². The molecule has 4 nitrogen and oxygen atoms in total. The van der Waals surface area contributed by atoms with Gasteiger partial charge in [-0.3, -0.25) is 4.79 Å². The largest absolute Gasteiger partial charge is 0.365 e. The fourth-order valence-corrected chi connectivity index (χ4v) is 2.76. The lowest BCUT2D eigenvalue weighted by Crippen LogP contribution is -2.44. The van der Waals surface area contributed by atoms with E-state index in [4.69, 9.17) is 0 Å². The summed E-state index contributed by atoms with van der Waals surface area (Å²) in [5, 5.41) is 16.5. The zero-order chi connectivity index (χ0) is 15.6. The minimum atomic E-state index is -1.39. The van der Waals surface area contributed by atoms with E-state index in [-0.39, 0.29) is 12.3 Å². The molecule has 0 bridgehead atoms. The molecule has 1 atom stereocenters. The van der Waals surface area contributed by atoms with Gasteiger partial charge in [0.05, 0.1) is 6.42 Å². The van der Waals surface area contributed by atoms with Crippen LogP contribution in [-0.4, -0.2) is 21.7 Å². The van der Waals surface area contributed by atoms with Gasteiger partial charge in [0.1, 0.15) is 0 Å². The van der Waals surface area contributed by atoms with Crippen LogP contribution in [0.2, 0.25) is 0 Å². The number of carbonyl (C=O) groups excluding carboxylic acids is 1. The van der Waals surface area contributed by atoms with Gasteiger partial charge in [0.15, 0.2) is 5.72 Å². The Morgan fingerprint density at radius 3 is 2.36 bits per heavy atom. The predicted molar refractivity (Wildman–Crippen MR) is 85.1 cm³/mol. The van der Waals surface area contributed by atoms with Crippen molar-refractivity contribution in [2.45, 2.75) is 25.5 Å². The van der Waals surface area contributed by atoms with Crippen molar-refractivity contribution < 1.29 is 9.90 Å². The van der Waals surface area contributed by atoms with Crippen LogP contribution in [0, 0.1) is 0 Å². The van der Waals surface area contributed by atoms with Gasteiger partial charge in [-0.2, -0.15) is 10.1 Å². The van der Waals surface area contributed by atoms with Crippen LogP contribution in [0.4, 0.5) is 0 Å². The van der Waals surface area contributed by atoms with Gasteiger partial charge in [-0.15, -0.1) is 0 Å². The minimum absolute atomic E-state index is 0.214. The molecule has 4 heteroatoms. The first-order valence-electron chi connectivity index (χ1n) is 7.28. The zero-order valence-corrected chi connectivity index (χ0v) is 12.4. The molecule has 1 aliphatic heterocycles. The Hall–Kier alpha value is -2.46. The highest BCUT2D eigenvalue weighted by atomic mass is 16.3. The summed E-state index contributed by atoms with van der Waals surface area (Å²) >= 11 is 0. The van der Waals surface area contributed by atoms with Crippen LogP contribution in [0.5, 0.6) is 0 Å². The van der Waals surface area contributed by atoms with E-state index < -0.39 is 5.72 Å². The van der Waals surface area contributed by atoms with E-state index in [1.807, 2.05) is 67.6 Å². The van der Waals surface area contributed by atoms with Crippen molar-refractivity contribution in [3.63, 3.8) is 0 Å². The lowest BCUT2D eigenvalue weighted by Gasteiger charge is -2.31. The van der Waals surface area contributed by atoms with Crippen molar-refractivity contribution in [3.8, 4) is 0 Å². The highest BCUT2D eigenvalue weighted by molar-refractivity contribution is 5.89. The second kappa shape index (κ2) is 5.73. The van der Waals surface area contributed by atoms with E-state index in [1.54, 1.807) is 0 Å². The first-order chi connectivity index (χ1) is 10.6. The summed E-state index contributed by atoms with van der Waals surface area (Å²) in [6.45, 7) is 1.82. The molecule has 1 N–H and O–H groups in total. The lowest BCUT2D eigenvalue weighted by molar-refractivity contribution is -0.157. The molecular weight excluding hydrogens is 276 g/mol. The maximum Gasteiger partial charge on any atom is 0.250 e. The number of hydrogen-bond donors (Lipinski definition) is 1. The van der Waals surface area contributed by atoms with Crippen LogP contribution >= 0.6 is 0 Å². The average molecular weight is 294 g/mol. The average Bonchev–Trinajstić information content (AvgIpc) is 2.85. The van der Waals surface area contributed by atoms with Crippen molar-refractivity contribution in [1.82, 2.24) is 5.01 Å². The molecule has 0 unspecified atom stereocenters. The van der Waals surface area contributed by atoms with Gasteiger partial charge in [0, 0.05) is 17.7 Å². The minimum Gasteiger partial charge on any atom is -0.365 e. The molecule has 0 saturated carbocycles. The van der Waals surface area contributed by atoms with E-state index in [2.05, 4.69) is 5.10 Å². The summed E-state index contributed by atoms with van der Waals surface area (Å²) in [6.07, 6.45) is 0.546. The number of nitrogens with zero attached hydrogens (tertiary/aromatic N) is 2. The van der Waals surface area contributed by atoms with E-state index in [0.717, 1.165) is 11.3 Å². The van der Waals surface area contributed by atoms with Gasteiger partial charge < -0.3 is 5.11 Å². The first-order valence-corrected chi connectivity index (χ1v) is 7.28. The summed E-state index contributed by atoms with van der Waals surface area (Å²) < 4.78 is 0. The molecule has 3 rings (SSSR count). The van der Waals surface area contributed by atoms with Crippen molar-refractivity contribution in [3.05, 3.63) is 71.8 Å². The number of amides is 1. The molecular formula is C18H18N2O2. The summed E-state index contributed by atoms with van der Waals surface area (Å²) in [7, 11) is 0. The molecule has 112 valence electrons. The normalized spacial score (nSPS) is 20.8. The number of rotatable bonds is 3. The monoisotopic (exact) mass is 294 g/mol. The van der Waals surface area contributed by atoms with E-state index >= 15 is 0 Å². The number of hydrogen-bond acceptors (Lipinski definition) is 3. The van der Waals surface area contributed by atoms with Gasteiger partial charge in [0.2, 0.25) is 5.91 Å². The van der Waals surface area contributed by atoms with Crippen molar-refractivity contribution in [2.24, 2.45) is 5.10 Å². The molecule has 22 heavy (non-hydrogen) atoms. The van der Waals surface area contributed by atoms with Crippen LogP contribution in [0.3, 0.4) is 0 Å². The molecule has 1 amide bonds.